The molecule has 0 aliphatic heterocycles. The summed E-state index contributed by atoms with van der Waals surface area (Å²) in [6, 6.07) is 7.03. The van der Waals surface area contributed by atoms with Crippen LogP contribution in [0.25, 0.3) is 0 Å². The van der Waals surface area contributed by atoms with Crippen LogP contribution in [0.5, 0.6) is 23.0 Å². The molecule has 35 heavy (non-hydrogen) atoms. The molecule has 1 atom stereocenters. The van der Waals surface area contributed by atoms with E-state index in [1.807, 2.05) is 12.1 Å². The van der Waals surface area contributed by atoms with Gasteiger partial charge in [0.05, 0.1) is 24.9 Å². The number of aryl methyl sites for hydroxylation is 2. The Morgan fingerprint density at radius 1 is 0.971 bits per heavy atom. The summed E-state index contributed by atoms with van der Waals surface area (Å²) in [5.74, 6) is 7.01. The fourth-order valence-corrected chi connectivity index (χ4v) is 4.93. The molecule has 3 N–H and O–H groups in total. The highest BCUT2D eigenvalue weighted by Crippen LogP contribution is 2.36. The Bertz CT molecular complexity index is 1120. The Kier molecular flexibility index (Phi) is 8.20. The molecule has 2 aliphatic rings. The molecule has 6 nitrogen and oxygen atoms in total. The highest BCUT2D eigenvalue weighted by molar-refractivity contribution is 5.79. The van der Waals surface area contributed by atoms with Gasteiger partial charge in [-0.25, -0.2) is 0 Å². The maximum Gasteiger partial charge on any atom is 0.176 e. The lowest BCUT2D eigenvalue weighted by molar-refractivity contribution is -0.121. The summed E-state index contributed by atoms with van der Waals surface area (Å²) in [4.78, 5) is 12.5. The Balaban J connectivity index is 1.72. The molecule has 1 unspecified atom stereocenters. The number of aliphatic hydroxyl groups excluding tert-OH is 1. The fourth-order valence-electron chi connectivity index (χ4n) is 4.93. The zero-order chi connectivity index (χ0) is 24.8. The highest BCUT2D eigenvalue weighted by atomic mass is 16.5. The van der Waals surface area contributed by atoms with Crippen LogP contribution in [0.4, 0.5) is 0 Å². The number of phenolic OH excluding ortho intramolecular Hbond substituents is 2. The van der Waals surface area contributed by atoms with Crippen molar-refractivity contribution in [2.45, 2.75) is 82.8 Å². The van der Waals surface area contributed by atoms with Crippen molar-refractivity contribution < 1.29 is 29.6 Å². The highest BCUT2D eigenvalue weighted by Gasteiger charge is 2.20. The van der Waals surface area contributed by atoms with E-state index in [0.717, 1.165) is 36.8 Å². The molecule has 2 aromatic rings. The average Bonchev–Trinajstić information content (AvgIpc) is 2.85. The summed E-state index contributed by atoms with van der Waals surface area (Å²) in [7, 11) is 1.47. The molecule has 2 aromatic carbocycles. The molecule has 0 spiro atoms. The van der Waals surface area contributed by atoms with Gasteiger partial charge in [-0.05, 0) is 68.2 Å². The lowest BCUT2D eigenvalue weighted by atomic mass is 9.97. The van der Waals surface area contributed by atoms with Crippen LogP contribution in [0.15, 0.2) is 24.3 Å². The van der Waals surface area contributed by atoms with Gasteiger partial charge in [0.2, 0.25) is 0 Å². The zero-order valence-electron chi connectivity index (χ0n) is 20.3. The van der Waals surface area contributed by atoms with Crippen LogP contribution < -0.4 is 9.47 Å². The molecule has 1 saturated carbocycles. The summed E-state index contributed by atoms with van der Waals surface area (Å²) in [6.45, 7) is 0. The Morgan fingerprint density at radius 2 is 1.77 bits per heavy atom. The molecular formula is C29H34O6. The normalized spacial score (nSPS) is 19.5. The summed E-state index contributed by atoms with van der Waals surface area (Å²) < 4.78 is 11.6. The number of methoxy groups -OCH3 is 1. The molecule has 0 amide bonds. The van der Waals surface area contributed by atoms with Crippen molar-refractivity contribution in [3.8, 4) is 34.8 Å². The topological polar surface area (TPSA) is 96.2 Å². The number of carbonyl (C=O) groups excluding carboxylic acids is 1. The minimum atomic E-state index is -0.738. The predicted octanol–water partition coefficient (Wildman–Crippen LogP) is 4.61. The van der Waals surface area contributed by atoms with Crippen LogP contribution in [0.1, 0.15) is 73.6 Å². The van der Waals surface area contributed by atoms with E-state index in [9.17, 15) is 20.1 Å². The van der Waals surface area contributed by atoms with Gasteiger partial charge in [0.1, 0.15) is 5.78 Å². The van der Waals surface area contributed by atoms with Crippen molar-refractivity contribution >= 4 is 5.78 Å². The van der Waals surface area contributed by atoms with Crippen LogP contribution in [-0.4, -0.2) is 40.4 Å². The summed E-state index contributed by atoms with van der Waals surface area (Å²) in [6.07, 6.45) is 6.84. The predicted molar refractivity (Wildman–Crippen MR) is 133 cm³/mol. The summed E-state index contributed by atoms with van der Waals surface area (Å²) in [5, 5.41) is 31.8. The molecule has 0 radical (unpaired) electrons. The Morgan fingerprint density at radius 3 is 2.54 bits per heavy atom. The minimum absolute atomic E-state index is 0.0202. The molecule has 0 aromatic heterocycles. The van der Waals surface area contributed by atoms with E-state index >= 15 is 0 Å². The van der Waals surface area contributed by atoms with Crippen molar-refractivity contribution in [1.82, 2.24) is 0 Å². The van der Waals surface area contributed by atoms with Gasteiger partial charge >= 0.3 is 0 Å². The van der Waals surface area contributed by atoms with Crippen LogP contribution in [0, 0.1) is 11.8 Å². The van der Waals surface area contributed by atoms with E-state index in [1.165, 1.54) is 19.6 Å². The third-order valence-electron chi connectivity index (χ3n) is 6.88. The largest absolute Gasteiger partial charge is 0.504 e. The Hall–Kier alpha value is -3.17. The number of hydrogen-bond donors (Lipinski definition) is 3. The SMILES string of the molecule is COc1c(O)ccc2c1C#CCc1cc(cc(OC3CCCCC3)c1O)CCC(O)CC(=O)CC2. The first-order valence-corrected chi connectivity index (χ1v) is 12.5. The number of benzene rings is 2. The number of ketones is 1. The molecule has 0 saturated heterocycles. The molecule has 186 valence electrons. The van der Waals surface area contributed by atoms with Crippen LogP contribution >= 0.6 is 0 Å². The first kappa shape index (κ1) is 24.9. The zero-order valence-corrected chi connectivity index (χ0v) is 20.3. The maximum absolute atomic E-state index is 12.5. The number of hydrogen-bond acceptors (Lipinski definition) is 6. The number of carbonyl (C=O) groups is 1. The van der Waals surface area contributed by atoms with Gasteiger partial charge < -0.3 is 24.8 Å². The molecule has 2 bridgehead atoms. The molecule has 2 aliphatic carbocycles. The first-order chi connectivity index (χ1) is 16.9. The van der Waals surface area contributed by atoms with Crippen LogP contribution in [-0.2, 0) is 24.1 Å². The lowest BCUT2D eigenvalue weighted by Gasteiger charge is -2.24. The number of aliphatic hydroxyl groups is 1. The molecule has 6 heteroatoms. The minimum Gasteiger partial charge on any atom is -0.504 e. The van der Waals surface area contributed by atoms with Gasteiger partial charge in [0.15, 0.2) is 23.0 Å². The fraction of sp³-hybridized carbons (Fsp3) is 0.483. The molecule has 4 rings (SSSR count). The van der Waals surface area contributed by atoms with E-state index < -0.39 is 6.10 Å². The lowest BCUT2D eigenvalue weighted by Crippen LogP contribution is -2.20. The van der Waals surface area contributed by atoms with Gasteiger partial charge in [0, 0.05) is 24.8 Å². The number of rotatable bonds is 3. The summed E-state index contributed by atoms with van der Waals surface area (Å²) in [5.41, 5.74) is 2.92. The second-order valence-electron chi connectivity index (χ2n) is 9.55. The monoisotopic (exact) mass is 478 g/mol. The molecule has 1 fully saturated rings. The van der Waals surface area contributed by atoms with Gasteiger partial charge in [-0.15, -0.1) is 0 Å². The van der Waals surface area contributed by atoms with E-state index in [1.54, 1.807) is 6.07 Å². The third kappa shape index (κ3) is 6.29. The number of fused-ring (bicyclic) bond motifs is 3. The number of phenols is 2. The van der Waals surface area contributed by atoms with Crippen molar-refractivity contribution in [2.75, 3.05) is 7.11 Å². The van der Waals surface area contributed by atoms with Crippen LogP contribution in [0.2, 0.25) is 0 Å². The van der Waals surface area contributed by atoms with Crippen molar-refractivity contribution in [2.24, 2.45) is 0 Å². The van der Waals surface area contributed by atoms with E-state index in [4.69, 9.17) is 9.47 Å². The molecular weight excluding hydrogens is 444 g/mol. The van der Waals surface area contributed by atoms with Gasteiger partial charge in [-0.3, -0.25) is 4.79 Å². The second kappa shape index (κ2) is 11.5. The quantitative estimate of drug-likeness (QED) is 0.558. The first-order valence-electron chi connectivity index (χ1n) is 12.5. The van der Waals surface area contributed by atoms with E-state index in [2.05, 4.69) is 11.8 Å². The van der Waals surface area contributed by atoms with Gasteiger partial charge in [-0.1, -0.05) is 30.4 Å². The van der Waals surface area contributed by atoms with Gasteiger partial charge in [-0.2, -0.15) is 0 Å². The Labute approximate surface area is 206 Å². The maximum atomic E-state index is 12.5. The van der Waals surface area contributed by atoms with E-state index in [0.29, 0.717) is 36.1 Å². The standard InChI is InChI=1S/C29H34O6/c1-34-29-25-9-5-6-21-16-19(17-27(28(21)33)35-24-7-3-2-4-8-24)10-13-22(30)18-23(31)14-11-20(25)12-15-26(29)32/h12,15-17,22,24,30,32-33H,2-4,6-8,10-11,13-14,18H2,1H3. The third-order valence-corrected chi connectivity index (χ3v) is 6.88. The summed E-state index contributed by atoms with van der Waals surface area (Å²) >= 11 is 0. The average molecular weight is 479 g/mol. The van der Waals surface area contributed by atoms with Crippen LogP contribution in [0.3, 0.4) is 0 Å². The van der Waals surface area contributed by atoms with Crippen molar-refractivity contribution in [3.63, 3.8) is 0 Å². The molecule has 0 heterocycles. The number of ether oxygens (including phenoxy) is 2. The van der Waals surface area contributed by atoms with Crippen molar-refractivity contribution in [1.29, 1.82) is 0 Å². The van der Waals surface area contributed by atoms with Crippen molar-refractivity contribution in [3.05, 3.63) is 46.5 Å². The second-order valence-corrected chi connectivity index (χ2v) is 9.55. The van der Waals surface area contributed by atoms with E-state index in [-0.39, 0.29) is 48.4 Å². The smallest absolute Gasteiger partial charge is 0.176 e. The number of Topliss-reactive ketones (excluding diaryl/α,β-unsaturated/α-hetero) is 1. The van der Waals surface area contributed by atoms with Gasteiger partial charge in [0.25, 0.3) is 0 Å². The number of aromatic hydroxyl groups is 2.